The highest BCUT2D eigenvalue weighted by molar-refractivity contribution is 5.90. The van der Waals surface area contributed by atoms with Crippen molar-refractivity contribution in [3.05, 3.63) is 12.3 Å². The Morgan fingerprint density at radius 2 is 2.14 bits per heavy atom. The summed E-state index contributed by atoms with van der Waals surface area (Å²) < 4.78 is 1.96. The summed E-state index contributed by atoms with van der Waals surface area (Å²) in [5.74, 6) is 2.09. The van der Waals surface area contributed by atoms with Gasteiger partial charge in [0.05, 0.1) is 19.3 Å². The Morgan fingerprint density at radius 1 is 1.41 bits per heavy atom. The van der Waals surface area contributed by atoms with E-state index < -0.39 is 0 Å². The second kappa shape index (κ2) is 6.79. The Bertz CT molecular complexity index is 504. The minimum atomic E-state index is 0.0978. The number of rotatable bonds is 6. The molecular formula is C16H26N4O2. The van der Waals surface area contributed by atoms with E-state index in [2.05, 4.69) is 17.3 Å². The second-order valence-corrected chi connectivity index (χ2v) is 6.55. The standard InChI is InChI=1S/C16H26N4O2/c1-12(14-3-4-14)20-15(5-8-17-20)18-16(21)11-13-6-9-19(22-2)10-7-13/h5,8,12-14H,3-4,6-7,9-11H2,1-2H3,(H,18,21). The first-order valence-electron chi connectivity index (χ1n) is 8.29. The summed E-state index contributed by atoms with van der Waals surface area (Å²) in [6.07, 6.45) is 6.92. The Morgan fingerprint density at radius 3 is 2.77 bits per heavy atom. The predicted molar refractivity (Wildman–Crippen MR) is 84.2 cm³/mol. The molecule has 1 unspecified atom stereocenters. The van der Waals surface area contributed by atoms with Gasteiger partial charge in [0.15, 0.2) is 0 Å². The molecule has 6 heteroatoms. The van der Waals surface area contributed by atoms with Crippen LogP contribution in [0.2, 0.25) is 0 Å². The van der Waals surface area contributed by atoms with Gasteiger partial charge in [0, 0.05) is 25.6 Å². The van der Waals surface area contributed by atoms with Gasteiger partial charge in [-0.05, 0) is 44.4 Å². The van der Waals surface area contributed by atoms with E-state index in [9.17, 15) is 4.79 Å². The number of nitrogens with zero attached hydrogens (tertiary/aromatic N) is 3. The van der Waals surface area contributed by atoms with Crippen molar-refractivity contribution in [3.63, 3.8) is 0 Å². The van der Waals surface area contributed by atoms with Crippen molar-refractivity contribution in [1.29, 1.82) is 0 Å². The third-order valence-electron chi connectivity index (χ3n) is 4.93. The first-order chi connectivity index (χ1) is 10.7. The molecule has 2 fully saturated rings. The zero-order chi connectivity index (χ0) is 15.5. The third kappa shape index (κ3) is 3.67. The average molecular weight is 306 g/mol. The first kappa shape index (κ1) is 15.5. The summed E-state index contributed by atoms with van der Waals surface area (Å²) in [5.41, 5.74) is 0. The molecule has 0 aromatic carbocycles. The lowest BCUT2D eigenvalue weighted by molar-refractivity contribution is -0.149. The smallest absolute Gasteiger partial charge is 0.225 e. The van der Waals surface area contributed by atoms with Crippen LogP contribution in [-0.2, 0) is 9.63 Å². The molecule has 1 saturated carbocycles. The Hall–Kier alpha value is -1.40. The van der Waals surface area contributed by atoms with E-state index in [0.717, 1.165) is 31.7 Å². The molecule has 22 heavy (non-hydrogen) atoms. The number of anilines is 1. The Balaban J connectivity index is 1.51. The minimum absolute atomic E-state index is 0.0978. The van der Waals surface area contributed by atoms with Gasteiger partial charge in [-0.3, -0.25) is 4.79 Å². The maximum Gasteiger partial charge on any atom is 0.225 e. The lowest BCUT2D eigenvalue weighted by atomic mass is 9.94. The van der Waals surface area contributed by atoms with Gasteiger partial charge in [0.25, 0.3) is 0 Å². The molecule has 3 rings (SSSR count). The quantitative estimate of drug-likeness (QED) is 0.877. The second-order valence-electron chi connectivity index (χ2n) is 6.55. The molecule has 122 valence electrons. The number of nitrogens with one attached hydrogen (secondary N) is 1. The fourth-order valence-corrected chi connectivity index (χ4v) is 3.27. The van der Waals surface area contributed by atoms with Gasteiger partial charge in [0.1, 0.15) is 5.82 Å². The van der Waals surface area contributed by atoms with E-state index in [-0.39, 0.29) is 5.91 Å². The van der Waals surface area contributed by atoms with Crippen LogP contribution in [0.1, 0.15) is 45.1 Å². The molecule has 1 aliphatic heterocycles. The molecule has 6 nitrogen and oxygen atoms in total. The Kier molecular flexibility index (Phi) is 4.78. The minimum Gasteiger partial charge on any atom is -0.311 e. The predicted octanol–water partition coefficient (Wildman–Crippen LogP) is 2.46. The SMILES string of the molecule is CON1CCC(CC(=O)Nc2ccnn2C(C)C2CC2)CC1. The van der Waals surface area contributed by atoms with Gasteiger partial charge in [-0.15, -0.1) is 0 Å². The lowest BCUT2D eigenvalue weighted by Gasteiger charge is -2.29. The molecule has 1 amide bonds. The molecule has 1 atom stereocenters. The molecule has 1 saturated heterocycles. The van der Waals surface area contributed by atoms with Crippen LogP contribution in [0.15, 0.2) is 12.3 Å². The van der Waals surface area contributed by atoms with Crippen molar-refractivity contribution in [1.82, 2.24) is 14.8 Å². The van der Waals surface area contributed by atoms with Crippen LogP contribution in [0.5, 0.6) is 0 Å². The van der Waals surface area contributed by atoms with Crippen molar-refractivity contribution < 1.29 is 9.63 Å². The van der Waals surface area contributed by atoms with Crippen molar-refractivity contribution in [3.8, 4) is 0 Å². The zero-order valence-electron chi connectivity index (χ0n) is 13.5. The Labute approximate surface area is 131 Å². The fraction of sp³-hybridized carbons (Fsp3) is 0.750. The lowest BCUT2D eigenvalue weighted by Crippen LogP contribution is -2.34. The first-order valence-corrected chi connectivity index (χ1v) is 8.29. The van der Waals surface area contributed by atoms with E-state index >= 15 is 0 Å². The highest BCUT2D eigenvalue weighted by Gasteiger charge is 2.31. The number of hydrogen-bond donors (Lipinski definition) is 1. The van der Waals surface area contributed by atoms with Crippen molar-refractivity contribution >= 4 is 11.7 Å². The van der Waals surface area contributed by atoms with Gasteiger partial charge in [-0.2, -0.15) is 10.2 Å². The van der Waals surface area contributed by atoms with Crippen LogP contribution in [0.25, 0.3) is 0 Å². The summed E-state index contributed by atoms with van der Waals surface area (Å²) in [4.78, 5) is 17.5. The number of aromatic nitrogens is 2. The number of amides is 1. The number of hydrogen-bond acceptors (Lipinski definition) is 4. The van der Waals surface area contributed by atoms with Crippen molar-refractivity contribution in [2.75, 3.05) is 25.5 Å². The van der Waals surface area contributed by atoms with E-state index in [0.29, 0.717) is 24.3 Å². The molecular weight excluding hydrogens is 280 g/mol. The van der Waals surface area contributed by atoms with Crippen LogP contribution in [0, 0.1) is 11.8 Å². The molecule has 0 radical (unpaired) electrons. The van der Waals surface area contributed by atoms with E-state index in [1.165, 1.54) is 12.8 Å². The normalized spacial score (nSPS) is 21.7. The molecule has 1 aromatic heterocycles. The molecule has 0 bridgehead atoms. The van der Waals surface area contributed by atoms with E-state index in [1.807, 2.05) is 15.8 Å². The van der Waals surface area contributed by atoms with E-state index in [4.69, 9.17) is 4.84 Å². The highest BCUT2D eigenvalue weighted by Crippen LogP contribution is 2.40. The van der Waals surface area contributed by atoms with Crippen LogP contribution < -0.4 is 5.32 Å². The molecule has 1 aromatic rings. The van der Waals surface area contributed by atoms with Gasteiger partial charge in [-0.1, -0.05) is 0 Å². The summed E-state index contributed by atoms with van der Waals surface area (Å²) >= 11 is 0. The fourth-order valence-electron chi connectivity index (χ4n) is 3.27. The summed E-state index contributed by atoms with van der Waals surface area (Å²) in [7, 11) is 1.70. The van der Waals surface area contributed by atoms with Gasteiger partial charge in [-0.25, -0.2) is 4.68 Å². The monoisotopic (exact) mass is 306 g/mol. The summed E-state index contributed by atoms with van der Waals surface area (Å²) in [6.45, 7) is 4.00. The average Bonchev–Trinajstić information content (AvgIpc) is 3.28. The van der Waals surface area contributed by atoms with Crippen molar-refractivity contribution in [2.45, 2.75) is 45.1 Å². The van der Waals surface area contributed by atoms with E-state index in [1.54, 1.807) is 13.3 Å². The maximum absolute atomic E-state index is 12.3. The van der Waals surface area contributed by atoms with Crippen LogP contribution in [0.4, 0.5) is 5.82 Å². The van der Waals surface area contributed by atoms with Gasteiger partial charge in [0.2, 0.25) is 5.91 Å². The largest absolute Gasteiger partial charge is 0.311 e. The zero-order valence-corrected chi connectivity index (χ0v) is 13.5. The molecule has 1 aliphatic carbocycles. The topological polar surface area (TPSA) is 59.4 Å². The maximum atomic E-state index is 12.3. The number of piperidine rings is 1. The van der Waals surface area contributed by atoms with Gasteiger partial charge >= 0.3 is 0 Å². The van der Waals surface area contributed by atoms with Crippen molar-refractivity contribution in [2.24, 2.45) is 11.8 Å². The third-order valence-corrected chi connectivity index (χ3v) is 4.93. The number of carbonyl (C=O) groups excluding carboxylic acids is 1. The molecule has 2 aliphatic rings. The molecule has 0 spiro atoms. The van der Waals surface area contributed by atoms with Gasteiger partial charge < -0.3 is 10.2 Å². The van der Waals surface area contributed by atoms with Crippen LogP contribution >= 0.6 is 0 Å². The highest BCUT2D eigenvalue weighted by atomic mass is 16.7. The summed E-state index contributed by atoms with van der Waals surface area (Å²) in [6, 6.07) is 2.26. The molecule has 1 N–H and O–H groups in total. The summed E-state index contributed by atoms with van der Waals surface area (Å²) in [5, 5.41) is 9.38. The number of carbonyl (C=O) groups is 1. The van der Waals surface area contributed by atoms with Crippen LogP contribution in [-0.4, -0.2) is 41.0 Å². The van der Waals surface area contributed by atoms with Crippen LogP contribution in [0.3, 0.4) is 0 Å². The molecule has 2 heterocycles. The number of hydroxylamine groups is 2.